The number of pyridine rings is 1. The van der Waals surface area contributed by atoms with E-state index in [0.29, 0.717) is 22.5 Å². The summed E-state index contributed by atoms with van der Waals surface area (Å²) in [4.78, 5) is 32.5. The Morgan fingerprint density at radius 1 is 1.31 bits per heavy atom. The number of aliphatic hydroxyl groups excluding tert-OH is 1. The summed E-state index contributed by atoms with van der Waals surface area (Å²) in [5.74, 6) is -0.287. The predicted octanol–water partition coefficient (Wildman–Crippen LogP) is 3.49. The highest BCUT2D eigenvalue weighted by molar-refractivity contribution is 6.32. The maximum atomic E-state index is 13.1. The molecule has 4 rings (SSSR count). The van der Waals surface area contributed by atoms with Gasteiger partial charge in [0, 0.05) is 17.3 Å². The third kappa shape index (κ3) is 4.24. The first kappa shape index (κ1) is 22.3. The zero-order valence-corrected chi connectivity index (χ0v) is 17.7. The third-order valence-electron chi connectivity index (χ3n) is 5.51. The van der Waals surface area contributed by atoms with Gasteiger partial charge in [-0.25, -0.2) is 4.98 Å². The van der Waals surface area contributed by atoms with Crippen molar-refractivity contribution in [3.8, 4) is 5.75 Å². The lowest BCUT2D eigenvalue weighted by atomic mass is 10.1. The highest BCUT2D eigenvalue weighted by atomic mass is 35.5. The van der Waals surface area contributed by atoms with Gasteiger partial charge in [0.1, 0.15) is 11.6 Å². The average molecular weight is 470 g/mol. The number of carbonyl (C=O) groups is 2. The number of aliphatic hydroxyl groups is 1. The predicted molar refractivity (Wildman–Crippen MR) is 109 cm³/mol. The number of ether oxygens (including phenoxy) is 1. The lowest BCUT2D eigenvalue weighted by Crippen LogP contribution is -2.28. The largest absolute Gasteiger partial charge is 0.483 e. The van der Waals surface area contributed by atoms with Gasteiger partial charge in [0.25, 0.3) is 5.91 Å². The van der Waals surface area contributed by atoms with Crippen LogP contribution in [0, 0.1) is 0 Å². The van der Waals surface area contributed by atoms with Gasteiger partial charge in [-0.3, -0.25) is 14.5 Å². The van der Waals surface area contributed by atoms with Crippen molar-refractivity contribution in [2.24, 2.45) is 0 Å². The van der Waals surface area contributed by atoms with Crippen LogP contribution < -0.4 is 9.64 Å². The molecule has 32 heavy (non-hydrogen) atoms. The van der Waals surface area contributed by atoms with E-state index in [9.17, 15) is 27.9 Å². The lowest BCUT2D eigenvalue weighted by Gasteiger charge is -2.25. The monoisotopic (exact) mass is 469 g/mol. The van der Waals surface area contributed by atoms with Crippen molar-refractivity contribution in [1.29, 1.82) is 0 Å². The molecule has 2 aliphatic rings. The van der Waals surface area contributed by atoms with Crippen LogP contribution in [0.2, 0.25) is 5.02 Å². The molecular formula is C21H19ClF3N3O4. The van der Waals surface area contributed by atoms with Gasteiger partial charge in [0.05, 0.1) is 36.7 Å². The highest BCUT2D eigenvalue weighted by Crippen LogP contribution is 2.38. The summed E-state index contributed by atoms with van der Waals surface area (Å²) in [5, 5.41) is 9.80. The second kappa shape index (κ2) is 8.25. The van der Waals surface area contributed by atoms with E-state index in [1.807, 2.05) is 0 Å². The Kier molecular flexibility index (Phi) is 5.76. The fourth-order valence-corrected chi connectivity index (χ4v) is 4.15. The average Bonchev–Trinajstić information content (AvgIpc) is 3.24. The lowest BCUT2D eigenvalue weighted by molar-refractivity contribution is -0.153. The molecule has 7 nitrogen and oxygen atoms in total. The summed E-state index contributed by atoms with van der Waals surface area (Å²) in [7, 11) is 0. The van der Waals surface area contributed by atoms with Gasteiger partial charge in [-0.15, -0.1) is 0 Å². The van der Waals surface area contributed by atoms with Crippen LogP contribution in [-0.4, -0.2) is 52.2 Å². The van der Waals surface area contributed by atoms with E-state index in [-0.39, 0.29) is 42.1 Å². The number of hydrogen-bond acceptors (Lipinski definition) is 5. The number of alkyl halides is 3. The Morgan fingerprint density at radius 2 is 2.06 bits per heavy atom. The Bertz CT molecular complexity index is 1080. The van der Waals surface area contributed by atoms with Crippen molar-refractivity contribution in [3.63, 3.8) is 0 Å². The molecule has 0 saturated carbocycles. The number of halogens is 4. The van der Waals surface area contributed by atoms with Gasteiger partial charge in [-0.1, -0.05) is 17.7 Å². The quantitative estimate of drug-likeness (QED) is 0.725. The van der Waals surface area contributed by atoms with Crippen LogP contribution in [-0.2, 0) is 11.3 Å². The molecule has 11 heteroatoms. The van der Waals surface area contributed by atoms with E-state index in [1.54, 1.807) is 24.0 Å². The molecule has 170 valence electrons. The highest BCUT2D eigenvalue weighted by Gasteiger charge is 2.38. The molecule has 2 aromatic rings. The number of rotatable bonds is 5. The number of β-amino-alcohol motifs (C(OH)–C–C–N with tert-alkyl or cyclic N) is 1. The Labute approximate surface area is 186 Å². The van der Waals surface area contributed by atoms with Crippen molar-refractivity contribution in [3.05, 3.63) is 52.2 Å². The van der Waals surface area contributed by atoms with Crippen LogP contribution in [0.25, 0.3) is 0 Å². The minimum Gasteiger partial charge on any atom is -0.483 e. The molecule has 1 aromatic carbocycles. The number of nitrogens with zero attached hydrogens (tertiary/aromatic N) is 3. The van der Waals surface area contributed by atoms with Crippen LogP contribution in [0.1, 0.15) is 40.9 Å². The van der Waals surface area contributed by atoms with Crippen LogP contribution in [0.5, 0.6) is 5.75 Å². The minimum absolute atomic E-state index is 0.000663. The second-order valence-electron chi connectivity index (χ2n) is 7.73. The van der Waals surface area contributed by atoms with E-state index < -0.39 is 24.9 Å². The summed E-state index contributed by atoms with van der Waals surface area (Å²) < 4.78 is 41.9. The molecule has 1 aromatic heterocycles. The van der Waals surface area contributed by atoms with Gasteiger partial charge in [0.15, 0.2) is 6.61 Å². The first-order valence-corrected chi connectivity index (χ1v) is 10.2. The SMILES string of the molecule is CC(c1ccc(OCC(F)(F)F)c(Cl)c1)N1Cc2c(ccnc2N2CC(O)CC2=O)C1=O. The second-order valence-corrected chi connectivity index (χ2v) is 8.13. The van der Waals surface area contributed by atoms with Crippen molar-refractivity contribution in [2.75, 3.05) is 18.1 Å². The number of fused-ring (bicyclic) bond motifs is 1. The smallest absolute Gasteiger partial charge is 0.422 e. The normalized spacial score (nSPS) is 19.5. The van der Waals surface area contributed by atoms with E-state index in [1.165, 1.54) is 23.2 Å². The molecule has 2 aliphatic heterocycles. The molecule has 1 N–H and O–H groups in total. The summed E-state index contributed by atoms with van der Waals surface area (Å²) in [6.07, 6.45) is -3.82. The molecular weight excluding hydrogens is 451 g/mol. The topological polar surface area (TPSA) is 83.0 Å². The van der Waals surface area contributed by atoms with E-state index in [2.05, 4.69) is 4.98 Å². The third-order valence-corrected chi connectivity index (χ3v) is 5.81. The molecule has 2 unspecified atom stereocenters. The molecule has 0 radical (unpaired) electrons. The number of anilines is 1. The minimum atomic E-state index is -4.48. The number of carbonyl (C=O) groups excluding carboxylic acids is 2. The molecule has 1 fully saturated rings. The van der Waals surface area contributed by atoms with Gasteiger partial charge in [-0.2, -0.15) is 13.2 Å². The zero-order valence-electron chi connectivity index (χ0n) is 16.9. The molecule has 1 saturated heterocycles. The molecule has 0 bridgehead atoms. The Balaban J connectivity index is 1.56. The zero-order chi connectivity index (χ0) is 23.2. The first-order valence-electron chi connectivity index (χ1n) is 9.81. The van der Waals surface area contributed by atoms with E-state index >= 15 is 0 Å². The fraction of sp³-hybridized carbons (Fsp3) is 0.381. The summed E-state index contributed by atoms with van der Waals surface area (Å²) in [6, 6.07) is 5.47. The van der Waals surface area contributed by atoms with Crippen molar-refractivity contribution in [1.82, 2.24) is 9.88 Å². The molecule has 2 atom stereocenters. The van der Waals surface area contributed by atoms with E-state index in [0.717, 1.165) is 0 Å². The molecule has 3 heterocycles. The summed E-state index contributed by atoms with van der Waals surface area (Å²) >= 11 is 6.10. The van der Waals surface area contributed by atoms with Gasteiger partial charge in [-0.05, 0) is 30.7 Å². The van der Waals surface area contributed by atoms with Gasteiger partial charge in [0.2, 0.25) is 5.91 Å². The molecule has 0 aliphatic carbocycles. The van der Waals surface area contributed by atoms with Crippen molar-refractivity contribution < 1.29 is 32.6 Å². The Hall–Kier alpha value is -2.85. The maximum absolute atomic E-state index is 13.1. The van der Waals surface area contributed by atoms with Crippen LogP contribution in [0.3, 0.4) is 0 Å². The number of benzene rings is 1. The Morgan fingerprint density at radius 3 is 2.69 bits per heavy atom. The number of hydrogen-bond donors (Lipinski definition) is 1. The van der Waals surface area contributed by atoms with E-state index in [4.69, 9.17) is 16.3 Å². The van der Waals surface area contributed by atoms with Gasteiger partial charge >= 0.3 is 6.18 Å². The maximum Gasteiger partial charge on any atom is 0.422 e. The fourth-order valence-electron chi connectivity index (χ4n) is 3.91. The summed E-state index contributed by atoms with van der Waals surface area (Å²) in [6.45, 7) is 0.605. The standard InChI is InChI=1S/C21H19ClF3N3O4/c1-11(12-2-3-17(16(22)6-12)32-10-21(23,24)25)27-9-15-14(20(27)31)4-5-26-19(15)28-8-13(29)7-18(28)30/h2-6,11,13,29H,7-10H2,1H3. The first-order chi connectivity index (χ1) is 15.0. The van der Waals surface area contributed by atoms with Crippen molar-refractivity contribution >= 4 is 29.2 Å². The van der Waals surface area contributed by atoms with Crippen LogP contribution in [0.4, 0.5) is 19.0 Å². The molecule has 0 spiro atoms. The van der Waals surface area contributed by atoms with Crippen LogP contribution in [0.15, 0.2) is 30.5 Å². The number of aromatic nitrogens is 1. The number of amides is 2. The van der Waals surface area contributed by atoms with Gasteiger partial charge < -0.3 is 14.7 Å². The van der Waals surface area contributed by atoms with Crippen LogP contribution >= 0.6 is 11.6 Å². The molecule has 2 amide bonds. The van der Waals surface area contributed by atoms with Crippen molar-refractivity contribution in [2.45, 2.75) is 38.2 Å². The summed E-state index contributed by atoms with van der Waals surface area (Å²) in [5.41, 5.74) is 1.60.